The van der Waals surface area contributed by atoms with Gasteiger partial charge in [0, 0.05) is 37.0 Å². The van der Waals surface area contributed by atoms with Gasteiger partial charge >= 0.3 is 0 Å². The molecule has 2 aliphatic heterocycles. The third-order valence-electron chi connectivity index (χ3n) is 5.03. The lowest BCUT2D eigenvalue weighted by Crippen LogP contribution is -2.10. The lowest BCUT2D eigenvalue weighted by atomic mass is 10.0. The second-order valence-corrected chi connectivity index (χ2v) is 8.01. The highest BCUT2D eigenvalue weighted by Gasteiger charge is 2.29. The van der Waals surface area contributed by atoms with E-state index >= 15 is 0 Å². The van der Waals surface area contributed by atoms with Gasteiger partial charge in [-0.2, -0.15) is 0 Å². The number of pyridine rings is 2. The monoisotopic (exact) mass is 376 g/mol. The summed E-state index contributed by atoms with van der Waals surface area (Å²) < 4.78 is 5.84. The van der Waals surface area contributed by atoms with Gasteiger partial charge in [-0.05, 0) is 43.8 Å². The number of aryl methyl sites for hydroxylation is 1. The van der Waals surface area contributed by atoms with Gasteiger partial charge in [-0.3, -0.25) is 9.88 Å². The first-order valence-corrected chi connectivity index (χ1v) is 9.94. The van der Waals surface area contributed by atoms with Crippen molar-refractivity contribution in [1.82, 2.24) is 19.9 Å². The molecule has 0 N–H and O–H groups in total. The zero-order chi connectivity index (χ0) is 18.4. The lowest BCUT2D eigenvalue weighted by Gasteiger charge is -2.20. The van der Waals surface area contributed by atoms with Gasteiger partial charge < -0.3 is 4.74 Å². The van der Waals surface area contributed by atoms with Gasteiger partial charge in [-0.25, -0.2) is 9.97 Å². The average molecular weight is 376 g/mol. The van der Waals surface area contributed by atoms with E-state index in [4.69, 9.17) is 14.7 Å². The van der Waals surface area contributed by atoms with Crippen molar-refractivity contribution >= 4 is 16.9 Å². The molecule has 2 aliphatic rings. The summed E-state index contributed by atoms with van der Waals surface area (Å²) in [4.78, 5) is 17.3. The predicted molar refractivity (Wildman–Crippen MR) is 108 cm³/mol. The van der Waals surface area contributed by atoms with Gasteiger partial charge in [0.05, 0.1) is 22.9 Å². The zero-order valence-electron chi connectivity index (χ0n) is 15.3. The van der Waals surface area contributed by atoms with Gasteiger partial charge in [-0.15, -0.1) is 11.3 Å². The largest absolute Gasteiger partial charge is 0.491 e. The Hall–Kier alpha value is -2.57. The number of rotatable bonds is 3. The van der Waals surface area contributed by atoms with E-state index in [1.54, 1.807) is 17.5 Å². The quantitative estimate of drug-likeness (QED) is 0.646. The van der Waals surface area contributed by atoms with Crippen LogP contribution in [0.1, 0.15) is 17.8 Å². The van der Waals surface area contributed by atoms with Crippen LogP contribution in [0.25, 0.3) is 26.7 Å². The van der Waals surface area contributed by atoms with Crippen molar-refractivity contribution in [2.75, 3.05) is 20.2 Å². The summed E-state index contributed by atoms with van der Waals surface area (Å²) in [6.45, 7) is 3.89. The van der Waals surface area contributed by atoms with Crippen molar-refractivity contribution in [3.8, 4) is 26.9 Å². The molecule has 6 heteroatoms. The van der Waals surface area contributed by atoms with Gasteiger partial charge in [0.15, 0.2) is 0 Å². The highest BCUT2D eigenvalue weighted by Crippen LogP contribution is 2.38. The van der Waals surface area contributed by atoms with Crippen LogP contribution >= 0.6 is 11.3 Å². The molecule has 27 heavy (non-hydrogen) atoms. The molecule has 2 unspecified atom stereocenters. The Bertz CT molecular complexity index is 1030. The highest BCUT2D eigenvalue weighted by atomic mass is 32.1. The average Bonchev–Trinajstić information content (AvgIpc) is 3.24. The number of ether oxygens (including phenoxy) is 1. The van der Waals surface area contributed by atoms with E-state index in [1.807, 2.05) is 37.4 Å². The molecule has 5 heterocycles. The van der Waals surface area contributed by atoms with Crippen LogP contribution in [0.4, 0.5) is 0 Å². The molecule has 5 nitrogen and oxygen atoms in total. The summed E-state index contributed by atoms with van der Waals surface area (Å²) in [5, 5.41) is 0.974. The zero-order valence-corrected chi connectivity index (χ0v) is 16.2. The molecule has 2 atom stereocenters. The van der Waals surface area contributed by atoms with Crippen LogP contribution in [0.15, 0.2) is 42.7 Å². The Morgan fingerprint density at radius 1 is 1.26 bits per heavy atom. The van der Waals surface area contributed by atoms with Gasteiger partial charge in [0.1, 0.15) is 16.5 Å². The summed E-state index contributed by atoms with van der Waals surface area (Å²) >= 11 is 1.66. The maximum Gasteiger partial charge on any atom is 0.145 e. The Morgan fingerprint density at radius 3 is 2.93 bits per heavy atom. The molecule has 0 radical (unpaired) electrons. The van der Waals surface area contributed by atoms with E-state index in [0.717, 1.165) is 57.9 Å². The van der Waals surface area contributed by atoms with Crippen LogP contribution in [-0.4, -0.2) is 46.1 Å². The molecule has 0 aliphatic carbocycles. The molecule has 3 aromatic rings. The molecule has 1 saturated heterocycles. The maximum atomic E-state index is 5.84. The second kappa shape index (κ2) is 6.55. The Kier molecular flexibility index (Phi) is 4.02. The minimum Gasteiger partial charge on any atom is -0.491 e. The van der Waals surface area contributed by atoms with Crippen LogP contribution < -0.4 is 4.74 Å². The Balaban J connectivity index is 1.54. The van der Waals surface area contributed by atoms with E-state index < -0.39 is 0 Å². The summed E-state index contributed by atoms with van der Waals surface area (Å²) in [5.74, 6) is 0.884. The van der Waals surface area contributed by atoms with Crippen molar-refractivity contribution in [2.45, 2.75) is 19.4 Å². The molecule has 3 aromatic heterocycles. The molecule has 0 saturated carbocycles. The standard InChI is InChI=1S/C21H20N4OS/c1-13-20(27-21(23-13)15-4-3-8-22-11-15)17-5-6-18-19(24-17)14(7-9-26-18)10-16-12-25(16)2/h3-6,8,10-11,16H,7,9,12H2,1-2H3. The molecule has 5 rings (SSSR count). The molecule has 0 aromatic carbocycles. The van der Waals surface area contributed by atoms with Crippen LogP contribution in [-0.2, 0) is 0 Å². The highest BCUT2D eigenvalue weighted by molar-refractivity contribution is 7.18. The number of thiazole rings is 1. The van der Waals surface area contributed by atoms with Gasteiger partial charge in [0.2, 0.25) is 0 Å². The van der Waals surface area contributed by atoms with Crippen LogP contribution in [0.5, 0.6) is 5.75 Å². The number of aromatic nitrogens is 3. The lowest BCUT2D eigenvalue weighted by molar-refractivity contribution is 0.314. The molecule has 136 valence electrons. The number of hydrogen-bond donors (Lipinski definition) is 0. The van der Waals surface area contributed by atoms with Gasteiger partial charge in [0.25, 0.3) is 0 Å². The molecular weight excluding hydrogens is 356 g/mol. The fourth-order valence-corrected chi connectivity index (χ4v) is 4.40. The summed E-state index contributed by atoms with van der Waals surface area (Å²) in [5.41, 5.74) is 5.27. The SMILES string of the molecule is Cc1nc(-c2cccnc2)sc1-c1ccc2c(n1)C(=CC1CN1C)CCO2. The second-order valence-electron chi connectivity index (χ2n) is 7.02. The van der Waals surface area contributed by atoms with Crippen LogP contribution in [0.3, 0.4) is 0 Å². The Labute approximate surface area is 162 Å². The van der Waals surface area contributed by atoms with Crippen LogP contribution in [0, 0.1) is 6.92 Å². The molecular formula is C21H20N4OS. The predicted octanol–water partition coefficient (Wildman–Crippen LogP) is 4.06. The van der Waals surface area contributed by atoms with Crippen molar-refractivity contribution < 1.29 is 4.74 Å². The topological polar surface area (TPSA) is 50.9 Å². The van der Waals surface area contributed by atoms with E-state index in [0.29, 0.717) is 6.04 Å². The van der Waals surface area contributed by atoms with E-state index in [9.17, 15) is 0 Å². The van der Waals surface area contributed by atoms with Gasteiger partial charge in [-0.1, -0.05) is 6.08 Å². The number of fused-ring (bicyclic) bond motifs is 1. The maximum absolute atomic E-state index is 5.84. The van der Waals surface area contributed by atoms with Crippen molar-refractivity contribution in [3.63, 3.8) is 0 Å². The first kappa shape index (κ1) is 16.6. The molecule has 0 bridgehead atoms. The molecule has 0 amide bonds. The smallest absolute Gasteiger partial charge is 0.145 e. The number of nitrogens with zero attached hydrogens (tertiary/aromatic N) is 4. The van der Waals surface area contributed by atoms with Crippen LogP contribution in [0.2, 0.25) is 0 Å². The Morgan fingerprint density at radius 2 is 2.15 bits per heavy atom. The fourth-order valence-electron chi connectivity index (χ4n) is 3.38. The van der Waals surface area contributed by atoms with E-state index in [1.165, 1.54) is 5.57 Å². The fraction of sp³-hybridized carbons (Fsp3) is 0.286. The van der Waals surface area contributed by atoms with Crippen molar-refractivity contribution in [3.05, 3.63) is 54.1 Å². The summed E-state index contributed by atoms with van der Waals surface area (Å²) in [6, 6.07) is 8.60. The third kappa shape index (κ3) is 3.15. The first-order chi connectivity index (χ1) is 13.2. The first-order valence-electron chi connectivity index (χ1n) is 9.12. The van der Waals surface area contributed by atoms with E-state index in [2.05, 4.69) is 23.0 Å². The number of hydrogen-bond acceptors (Lipinski definition) is 6. The number of likely N-dealkylation sites (N-methyl/N-ethyl adjacent to an activating group) is 1. The minimum atomic E-state index is 0.540. The van der Waals surface area contributed by atoms with Crippen molar-refractivity contribution in [1.29, 1.82) is 0 Å². The molecule has 1 fully saturated rings. The third-order valence-corrected chi connectivity index (χ3v) is 6.26. The molecule has 0 spiro atoms. The summed E-state index contributed by atoms with van der Waals surface area (Å²) in [6.07, 6.45) is 6.89. The minimum absolute atomic E-state index is 0.540. The van der Waals surface area contributed by atoms with Crippen molar-refractivity contribution in [2.24, 2.45) is 0 Å². The van der Waals surface area contributed by atoms with E-state index in [-0.39, 0.29) is 0 Å². The summed E-state index contributed by atoms with van der Waals surface area (Å²) in [7, 11) is 2.15. The normalized spacial score (nSPS) is 22.4.